The summed E-state index contributed by atoms with van der Waals surface area (Å²) >= 11 is 0. The van der Waals surface area contributed by atoms with E-state index in [1.54, 1.807) is 0 Å². The van der Waals surface area contributed by atoms with Crippen LogP contribution in [-0.2, 0) is 37.9 Å². The van der Waals surface area contributed by atoms with Crippen molar-refractivity contribution in [2.75, 3.05) is 92.5 Å². The summed E-state index contributed by atoms with van der Waals surface area (Å²) in [6.45, 7) is 7.26. The van der Waals surface area contributed by atoms with Crippen LogP contribution in [0.3, 0.4) is 0 Å². The lowest BCUT2D eigenvalue weighted by molar-refractivity contribution is -0.149. The maximum Gasteiger partial charge on any atom is 0.109 e. The average Bonchev–Trinajstić information content (AvgIpc) is 2.56. The van der Waals surface area contributed by atoms with Gasteiger partial charge in [-0.25, -0.2) is 0 Å². The Kier molecular flexibility index (Phi) is 11.6. The van der Waals surface area contributed by atoms with Crippen LogP contribution in [-0.4, -0.2) is 105 Å². The van der Waals surface area contributed by atoms with Gasteiger partial charge >= 0.3 is 0 Å². The lowest BCUT2D eigenvalue weighted by Crippen LogP contribution is -2.41. The fourth-order valence-electron chi connectivity index (χ4n) is 2.32. The van der Waals surface area contributed by atoms with E-state index in [2.05, 4.69) is 0 Å². The van der Waals surface area contributed by atoms with E-state index >= 15 is 0 Å². The Morgan fingerprint density at radius 1 is 0.333 bits per heavy atom. The molecule has 0 saturated carbocycles. The van der Waals surface area contributed by atoms with Gasteiger partial charge in [0, 0.05) is 0 Å². The lowest BCUT2D eigenvalue weighted by atomic mass is 10.2. The Morgan fingerprint density at radius 2 is 0.625 bits per heavy atom. The summed E-state index contributed by atoms with van der Waals surface area (Å²) in [5, 5.41) is 0. The smallest absolute Gasteiger partial charge is 0.109 e. The van der Waals surface area contributed by atoms with Crippen molar-refractivity contribution in [1.29, 1.82) is 0 Å². The van der Waals surface area contributed by atoms with Crippen LogP contribution in [0.1, 0.15) is 0 Å². The molecule has 0 amide bonds. The van der Waals surface area contributed by atoms with Crippen LogP contribution in [0.25, 0.3) is 0 Å². The third-order valence-electron chi connectivity index (χ3n) is 3.59. The first-order valence-corrected chi connectivity index (χ1v) is 8.66. The molecule has 2 fully saturated rings. The van der Waals surface area contributed by atoms with Crippen LogP contribution < -0.4 is 0 Å². The second kappa shape index (κ2) is 13.9. The quantitative estimate of drug-likeness (QED) is 0.648. The van der Waals surface area contributed by atoms with Crippen molar-refractivity contribution in [3.8, 4) is 0 Å². The first-order valence-electron chi connectivity index (χ1n) is 8.66. The number of ether oxygens (including phenoxy) is 8. The minimum absolute atomic E-state index is 0.225. The Balaban J connectivity index is 1.82. The molecule has 0 radical (unpaired) electrons. The maximum atomic E-state index is 5.91. The molecule has 24 heavy (non-hydrogen) atoms. The number of rotatable bonds is 1. The largest absolute Gasteiger partial charge is 0.377 e. The highest BCUT2D eigenvalue weighted by Gasteiger charge is 2.24. The van der Waals surface area contributed by atoms with Crippen molar-refractivity contribution < 1.29 is 37.9 Å². The SMILES string of the molecule is C1COCCOC(C2COCCOCCOCCO2)COCCO1. The fourth-order valence-corrected chi connectivity index (χ4v) is 2.32. The Labute approximate surface area is 143 Å². The third-order valence-corrected chi connectivity index (χ3v) is 3.59. The topological polar surface area (TPSA) is 73.8 Å². The van der Waals surface area contributed by atoms with E-state index in [1.807, 2.05) is 0 Å². The number of hydrogen-bond donors (Lipinski definition) is 0. The van der Waals surface area contributed by atoms with Gasteiger partial charge in [0.15, 0.2) is 0 Å². The van der Waals surface area contributed by atoms with Crippen molar-refractivity contribution in [3.05, 3.63) is 0 Å². The van der Waals surface area contributed by atoms with Crippen LogP contribution in [0, 0.1) is 0 Å². The molecule has 2 aliphatic rings. The molecule has 0 aromatic carbocycles. The van der Waals surface area contributed by atoms with Crippen LogP contribution in [0.5, 0.6) is 0 Å². The van der Waals surface area contributed by atoms with Gasteiger partial charge in [0.1, 0.15) is 12.2 Å². The summed E-state index contributed by atoms with van der Waals surface area (Å²) in [7, 11) is 0. The molecule has 0 aliphatic carbocycles. The average molecular weight is 350 g/mol. The molecule has 0 aromatic heterocycles. The summed E-state index contributed by atoms with van der Waals surface area (Å²) in [6.07, 6.45) is -0.450. The second-order valence-corrected chi connectivity index (χ2v) is 5.42. The van der Waals surface area contributed by atoms with Crippen LogP contribution in [0.2, 0.25) is 0 Å². The van der Waals surface area contributed by atoms with Crippen molar-refractivity contribution in [2.24, 2.45) is 0 Å². The van der Waals surface area contributed by atoms with Gasteiger partial charge in [0.2, 0.25) is 0 Å². The minimum atomic E-state index is -0.225. The summed E-state index contributed by atoms with van der Waals surface area (Å²) < 4.78 is 44.9. The molecule has 8 heteroatoms. The van der Waals surface area contributed by atoms with Crippen molar-refractivity contribution >= 4 is 0 Å². The zero-order chi connectivity index (χ0) is 16.7. The highest BCUT2D eigenvalue weighted by atomic mass is 16.6. The molecular weight excluding hydrogens is 320 g/mol. The van der Waals surface area contributed by atoms with Gasteiger partial charge in [-0.3, -0.25) is 0 Å². The van der Waals surface area contributed by atoms with E-state index < -0.39 is 0 Å². The van der Waals surface area contributed by atoms with Crippen molar-refractivity contribution in [1.82, 2.24) is 0 Å². The lowest BCUT2D eigenvalue weighted by Gasteiger charge is -2.28. The van der Waals surface area contributed by atoms with E-state index in [0.29, 0.717) is 92.5 Å². The zero-order valence-corrected chi connectivity index (χ0v) is 14.3. The van der Waals surface area contributed by atoms with E-state index in [9.17, 15) is 0 Å². The predicted molar refractivity (Wildman–Crippen MR) is 84.4 cm³/mol. The monoisotopic (exact) mass is 350 g/mol. The van der Waals surface area contributed by atoms with Gasteiger partial charge in [-0.05, 0) is 0 Å². The number of hydrogen-bond acceptors (Lipinski definition) is 8. The third kappa shape index (κ3) is 9.24. The van der Waals surface area contributed by atoms with E-state index in [-0.39, 0.29) is 12.2 Å². The molecule has 2 unspecified atom stereocenters. The molecule has 142 valence electrons. The van der Waals surface area contributed by atoms with Gasteiger partial charge in [0.05, 0.1) is 92.5 Å². The van der Waals surface area contributed by atoms with E-state index in [0.717, 1.165) is 0 Å². The molecular formula is C16H30O8. The van der Waals surface area contributed by atoms with E-state index in [4.69, 9.17) is 37.9 Å². The van der Waals surface area contributed by atoms with Gasteiger partial charge in [-0.1, -0.05) is 0 Å². The van der Waals surface area contributed by atoms with Crippen molar-refractivity contribution in [2.45, 2.75) is 12.2 Å². The molecule has 0 aromatic rings. The summed E-state index contributed by atoms with van der Waals surface area (Å²) in [5.74, 6) is 0. The first-order chi connectivity index (χ1) is 12.0. The molecule has 2 heterocycles. The molecule has 0 spiro atoms. The minimum Gasteiger partial charge on any atom is -0.377 e. The standard InChI is InChI=1S/C16H30O8/c1-3-19-9-11-23-15(13-21-7-5-17-1)16-14-22-8-6-18-2-4-20-10-12-24-16/h15-16H,1-14H2. The first kappa shape index (κ1) is 20.0. The second-order valence-electron chi connectivity index (χ2n) is 5.42. The Bertz CT molecular complexity index is 239. The van der Waals surface area contributed by atoms with Crippen LogP contribution >= 0.6 is 0 Å². The highest BCUT2D eigenvalue weighted by molar-refractivity contribution is 4.71. The summed E-state index contributed by atoms with van der Waals surface area (Å²) in [4.78, 5) is 0. The maximum absolute atomic E-state index is 5.91. The van der Waals surface area contributed by atoms with Crippen LogP contribution in [0.4, 0.5) is 0 Å². The fraction of sp³-hybridized carbons (Fsp3) is 1.00. The van der Waals surface area contributed by atoms with Crippen molar-refractivity contribution in [3.63, 3.8) is 0 Å². The predicted octanol–water partition coefficient (Wildman–Crippen LogP) is -0.116. The zero-order valence-electron chi connectivity index (χ0n) is 14.3. The Hall–Kier alpha value is -0.320. The molecule has 0 N–H and O–H groups in total. The van der Waals surface area contributed by atoms with Gasteiger partial charge in [-0.15, -0.1) is 0 Å². The molecule has 2 aliphatic heterocycles. The highest BCUT2D eigenvalue weighted by Crippen LogP contribution is 2.08. The molecule has 8 nitrogen and oxygen atoms in total. The molecule has 2 rings (SSSR count). The van der Waals surface area contributed by atoms with Crippen LogP contribution in [0.15, 0.2) is 0 Å². The molecule has 2 saturated heterocycles. The van der Waals surface area contributed by atoms with Gasteiger partial charge < -0.3 is 37.9 Å². The Morgan fingerprint density at radius 3 is 1.00 bits per heavy atom. The summed E-state index contributed by atoms with van der Waals surface area (Å²) in [5.41, 5.74) is 0. The van der Waals surface area contributed by atoms with E-state index in [1.165, 1.54) is 0 Å². The molecule has 2 atom stereocenters. The summed E-state index contributed by atoms with van der Waals surface area (Å²) in [6, 6.07) is 0. The normalized spacial score (nSPS) is 31.0. The van der Waals surface area contributed by atoms with Gasteiger partial charge in [-0.2, -0.15) is 0 Å². The van der Waals surface area contributed by atoms with Gasteiger partial charge in [0.25, 0.3) is 0 Å². The molecule has 0 bridgehead atoms.